The van der Waals surface area contributed by atoms with Crippen LogP contribution in [0, 0.1) is 6.92 Å². The predicted molar refractivity (Wildman–Crippen MR) is 129 cm³/mol. The quantitative estimate of drug-likeness (QED) is 0.424. The number of nitrogens with one attached hydrogen (secondary N) is 2. The van der Waals surface area contributed by atoms with Gasteiger partial charge >= 0.3 is 0 Å². The molecule has 0 spiro atoms. The minimum absolute atomic E-state index is 0.151. The molecule has 4 aromatic rings. The summed E-state index contributed by atoms with van der Waals surface area (Å²) in [6, 6.07) is 9.24. The van der Waals surface area contributed by atoms with Crippen molar-refractivity contribution in [3.63, 3.8) is 0 Å². The molecule has 0 aliphatic carbocycles. The lowest BCUT2D eigenvalue weighted by Crippen LogP contribution is -2.43. The number of aryl methyl sites for hydroxylation is 3. The molecule has 11 heteroatoms. The Morgan fingerprint density at radius 1 is 1.19 bits per heavy atom. The molecule has 2 N–H and O–H groups in total. The highest BCUT2D eigenvalue weighted by molar-refractivity contribution is 6.08. The first-order chi connectivity index (χ1) is 17.3. The molecule has 1 fully saturated rings. The van der Waals surface area contributed by atoms with E-state index < -0.39 is 18.0 Å². The molecular formula is C25H26N6O5. The zero-order chi connectivity index (χ0) is 25.4. The minimum Gasteiger partial charge on any atom is -0.463 e. The van der Waals surface area contributed by atoms with Crippen LogP contribution in [0.25, 0.3) is 11.0 Å². The Morgan fingerprint density at radius 3 is 2.72 bits per heavy atom. The molecule has 2 atom stereocenters. The number of hydrogen-bond acceptors (Lipinski definition) is 7. The zero-order valence-electron chi connectivity index (χ0n) is 20.1. The summed E-state index contributed by atoms with van der Waals surface area (Å²) in [5, 5.41) is 14.5. The summed E-state index contributed by atoms with van der Waals surface area (Å²) in [7, 11) is 1.71. The number of aromatic nitrogens is 3. The predicted octanol–water partition coefficient (Wildman–Crippen LogP) is 2.68. The average molecular weight is 491 g/mol. The van der Waals surface area contributed by atoms with E-state index in [0.717, 1.165) is 5.69 Å². The van der Waals surface area contributed by atoms with Crippen LogP contribution in [0.4, 0.5) is 5.82 Å². The van der Waals surface area contributed by atoms with E-state index in [9.17, 15) is 14.4 Å². The lowest BCUT2D eigenvalue weighted by atomic mass is 10.1. The minimum atomic E-state index is -0.841. The van der Waals surface area contributed by atoms with Crippen LogP contribution in [-0.2, 0) is 18.3 Å². The molecule has 36 heavy (non-hydrogen) atoms. The standard InChI is InChI=1S/C25H26N6O5/c1-4-15-10-19(30(3)28-15)23(32)26-16-11-20(24(33)27-22-9-14(2)36-29-22)31(12-16)25(34)18-13-35-21-8-6-5-7-17(18)21/h5-10,13,16,20H,4,11-12H2,1-3H3,(H,26,32)(H,27,29,33)/t16-,20+/m1/s1. The highest BCUT2D eigenvalue weighted by Crippen LogP contribution is 2.27. The molecule has 1 saturated heterocycles. The van der Waals surface area contributed by atoms with E-state index in [0.29, 0.717) is 34.4 Å². The second-order valence-corrected chi connectivity index (χ2v) is 8.84. The Kier molecular flexibility index (Phi) is 6.05. The molecule has 0 unspecified atom stereocenters. The van der Waals surface area contributed by atoms with Crippen molar-refractivity contribution < 1.29 is 23.3 Å². The number of hydrogen-bond donors (Lipinski definition) is 2. The van der Waals surface area contributed by atoms with Crippen LogP contribution in [0.3, 0.4) is 0 Å². The molecule has 3 aromatic heterocycles. The molecule has 0 bridgehead atoms. The second kappa shape index (κ2) is 9.33. The Labute approximate surface area is 206 Å². The number of amides is 3. The second-order valence-electron chi connectivity index (χ2n) is 8.84. The Bertz CT molecular complexity index is 1450. The first-order valence-electron chi connectivity index (χ1n) is 11.7. The van der Waals surface area contributed by atoms with Gasteiger partial charge < -0.3 is 24.5 Å². The Hall–Kier alpha value is -4.41. The zero-order valence-corrected chi connectivity index (χ0v) is 20.1. The fourth-order valence-corrected chi connectivity index (χ4v) is 4.52. The van der Waals surface area contributed by atoms with Crippen LogP contribution in [-0.4, -0.2) is 56.2 Å². The van der Waals surface area contributed by atoms with Crippen LogP contribution < -0.4 is 10.6 Å². The Morgan fingerprint density at radius 2 is 2.00 bits per heavy atom. The van der Waals surface area contributed by atoms with E-state index >= 15 is 0 Å². The van der Waals surface area contributed by atoms with E-state index in [-0.39, 0.29) is 30.6 Å². The maximum atomic E-state index is 13.6. The molecule has 186 valence electrons. The summed E-state index contributed by atoms with van der Waals surface area (Å²) in [4.78, 5) is 41.3. The molecule has 1 aromatic carbocycles. The van der Waals surface area contributed by atoms with Crippen LogP contribution in [0.1, 0.15) is 45.6 Å². The van der Waals surface area contributed by atoms with Gasteiger partial charge in [-0.2, -0.15) is 5.10 Å². The van der Waals surface area contributed by atoms with Crippen molar-refractivity contribution in [2.75, 3.05) is 11.9 Å². The lowest BCUT2D eigenvalue weighted by molar-refractivity contribution is -0.119. The number of carbonyl (C=O) groups is 3. The molecule has 0 saturated carbocycles. The summed E-state index contributed by atoms with van der Waals surface area (Å²) >= 11 is 0. The number of para-hydroxylation sites is 1. The number of nitrogens with zero attached hydrogens (tertiary/aromatic N) is 4. The fraction of sp³-hybridized carbons (Fsp3) is 0.320. The van der Waals surface area contributed by atoms with Crippen molar-refractivity contribution in [1.82, 2.24) is 25.2 Å². The van der Waals surface area contributed by atoms with Gasteiger partial charge in [-0.05, 0) is 31.9 Å². The lowest BCUT2D eigenvalue weighted by Gasteiger charge is -2.23. The number of rotatable bonds is 6. The number of furan rings is 1. The van der Waals surface area contributed by atoms with Crippen molar-refractivity contribution in [3.05, 3.63) is 65.4 Å². The normalized spacial score (nSPS) is 17.5. The summed E-state index contributed by atoms with van der Waals surface area (Å²) in [5.41, 5.74) is 2.15. The third-order valence-corrected chi connectivity index (χ3v) is 6.32. The number of anilines is 1. The first kappa shape index (κ1) is 23.3. The third kappa shape index (κ3) is 4.35. The first-order valence-corrected chi connectivity index (χ1v) is 11.7. The number of benzene rings is 1. The molecule has 0 radical (unpaired) electrons. The van der Waals surface area contributed by atoms with Gasteiger partial charge in [0, 0.05) is 31.1 Å². The van der Waals surface area contributed by atoms with Crippen LogP contribution >= 0.6 is 0 Å². The Balaban J connectivity index is 1.40. The molecule has 4 heterocycles. The van der Waals surface area contributed by atoms with Crippen LogP contribution in [0.5, 0.6) is 0 Å². The van der Waals surface area contributed by atoms with Gasteiger partial charge in [-0.15, -0.1) is 0 Å². The monoisotopic (exact) mass is 490 g/mol. The van der Waals surface area contributed by atoms with Crippen molar-refractivity contribution in [2.45, 2.75) is 38.8 Å². The smallest absolute Gasteiger partial charge is 0.269 e. The topological polar surface area (TPSA) is 136 Å². The van der Waals surface area contributed by atoms with E-state index in [1.807, 2.05) is 19.1 Å². The molecule has 1 aliphatic rings. The van der Waals surface area contributed by atoms with Gasteiger partial charge in [0.1, 0.15) is 29.3 Å². The largest absolute Gasteiger partial charge is 0.463 e. The third-order valence-electron chi connectivity index (χ3n) is 6.32. The van der Waals surface area contributed by atoms with Gasteiger partial charge in [0.05, 0.1) is 11.3 Å². The van der Waals surface area contributed by atoms with E-state index in [1.54, 1.807) is 38.2 Å². The summed E-state index contributed by atoms with van der Waals surface area (Å²) < 4.78 is 12.1. The summed E-state index contributed by atoms with van der Waals surface area (Å²) in [6.07, 6.45) is 2.33. The highest BCUT2D eigenvalue weighted by Gasteiger charge is 2.41. The number of fused-ring (bicyclic) bond motifs is 1. The molecule has 1 aliphatic heterocycles. The SMILES string of the molecule is CCc1cc(C(=O)N[C@@H]2C[C@@H](C(=O)Nc3cc(C)on3)N(C(=O)c3coc4ccccc34)C2)n(C)n1. The van der Waals surface area contributed by atoms with Gasteiger partial charge in [-0.25, -0.2) is 0 Å². The number of carbonyl (C=O) groups excluding carboxylic acids is 3. The van der Waals surface area contributed by atoms with Gasteiger partial charge in [0.2, 0.25) is 5.91 Å². The summed E-state index contributed by atoms with van der Waals surface area (Å²) in [5.74, 6) is -0.295. The van der Waals surface area contributed by atoms with Crippen molar-refractivity contribution >= 4 is 34.5 Å². The van der Waals surface area contributed by atoms with Gasteiger partial charge in [-0.1, -0.05) is 30.3 Å². The van der Waals surface area contributed by atoms with Crippen molar-refractivity contribution in [2.24, 2.45) is 7.05 Å². The van der Waals surface area contributed by atoms with Gasteiger partial charge in [-0.3, -0.25) is 19.1 Å². The van der Waals surface area contributed by atoms with E-state index in [1.165, 1.54) is 15.8 Å². The van der Waals surface area contributed by atoms with Crippen molar-refractivity contribution in [3.8, 4) is 0 Å². The summed E-state index contributed by atoms with van der Waals surface area (Å²) in [6.45, 7) is 3.83. The van der Waals surface area contributed by atoms with Crippen LogP contribution in [0.15, 0.2) is 51.6 Å². The highest BCUT2D eigenvalue weighted by atomic mass is 16.5. The maximum absolute atomic E-state index is 13.6. The molecule has 5 rings (SSSR count). The fourth-order valence-electron chi connectivity index (χ4n) is 4.52. The van der Waals surface area contributed by atoms with Gasteiger partial charge in [0.25, 0.3) is 11.8 Å². The van der Waals surface area contributed by atoms with Crippen molar-refractivity contribution in [1.29, 1.82) is 0 Å². The number of likely N-dealkylation sites (tertiary alicyclic amines) is 1. The molecular weight excluding hydrogens is 464 g/mol. The van der Waals surface area contributed by atoms with Gasteiger partial charge in [0.15, 0.2) is 5.82 Å². The maximum Gasteiger partial charge on any atom is 0.269 e. The average Bonchev–Trinajstić information content (AvgIpc) is 3.64. The molecule has 3 amide bonds. The van der Waals surface area contributed by atoms with E-state index in [4.69, 9.17) is 8.94 Å². The molecule has 11 nitrogen and oxygen atoms in total. The van der Waals surface area contributed by atoms with E-state index in [2.05, 4.69) is 20.9 Å². The van der Waals surface area contributed by atoms with Crippen LogP contribution in [0.2, 0.25) is 0 Å².